The fraction of sp³-hybridized carbons (Fsp3) is 0.481. The Hall–Kier alpha value is -5.35. The minimum Gasteiger partial charge on any atom is -0.489 e. The average molecular weight is 935 g/mol. The van der Waals surface area contributed by atoms with Crippen molar-refractivity contribution in [3.8, 4) is 5.75 Å². The van der Waals surface area contributed by atoms with Crippen LogP contribution in [0.2, 0.25) is 0 Å². The van der Waals surface area contributed by atoms with Crippen LogP contribution >= 0.6 is 0 Å². The third-order valence-electron chi connectivity index (χ3n) is 12.5. The van der Waals surface area contributed by atoms with E-state index in [0.29, 0.717) is 50.1 Å². The van der Waals surface area contributed by atoms with Gasteiger partial charge in [0, 0.05) is 89.9 Å². The van der Waals surface area contributed by atoms with Gasteiger partial charge in [-0.3, -0.25) is 29.1 Å². The second-order valence-corrected chi connectivity index (χ2v) is 17.7. The van der Waals surface area contributed by atoms with Crippen molar-refractivity contribution in [1.29, 1.82) is 0 Å². The first-order valence-corrected chi connectivity index (χ1v) is 24.2. The number of nitrogens with zero attached hydrogens (tertiary/aromatic N) is 6. The number of benzene rings is 3. The van der Waals surface area contributed by atoms with Crippen LogP contribution in [0.25, 0.3) is 0 Å². The highest BCUT2D eigenvalue weighted by Crippen LogP contribution is 2.26. The van der Waals surface area contributed by atoms with Crippen LogP contribution in [0.5, 0.6) is 5.75 Å². The maximum absolute atomic E-state index is 16.1. The van der Waals surface area contributed by atoms with Crippen molar-refractivity contribution in [2.45, 2.75) is 65.0 Å². The topological polar surface area (TPSA) is 117 Å². The zero-order chi connectivity index (χ0) is 48.1. The molecule has 3 heterocycles. The quantitative estimate of drug-likeness (QED) is 0.0421. The van der Waals surface area contributed by atoms with Crippen molar-refractivity contribution in [2.75, 3.05) is 104 Å². The van der Waals surface area contributed by atoms with Gasteiger partial charge in [-0.2, -0.15) is 0 Å². The number of pyridine rings is 1. The van der Waals surface area contributed by atoms with E-state index in [9.17, 15) is 9.59 Å². The summed E-state index contributed by atoms with van der Waals surface area (Å²) in [6.07, 6.45) is 1.58. The summed E-state index contributed by atoms with van der Waals surface area (Å²) in [4.78, 5) is 58.0. The lowest BCUT2D eigenvalue weighted by Gasteiger charge is -2.45. The molecule has 0 aliphatic carbocycles. The number of rotatable bonds is 30. The fourth-order valence-corrected chi connectivity index (χ4v) is 8.60. The van der Waals surface area contributed by atoms with Gasteiger partial charge in [-0.25, -0.2) is 9.37 Å². The molecule has 1 amide bonds. The van der Waals surface area contributed by atoms with Crippen LogP contribution in [0, 0.1) is 11.7 Å². The van der Waals surface area contributed by atoms with Crippen LogP contribution in [0.3, 0.4) is 0 Å². The first kappa shape index (κ1) is 52.0. The van der Waals surface area contributed by atoms with Crippen molar-refractivity contribution in [3.63, 3.8) is 0 Å². The van der Waals surface area contributed by atoms with Gasteiger partial charge in [-0.05, 0) is 68.6 Å². The van der Waals surface area contributed by atoms with Crippen molar-refractivity contribution < 1.29 is 37.7 Å². The third-order valence-corrected chi connectivity index (χ3v) is 12.5. The molecule has 0 radical (unpaired) electrons. The molecule has 13 nitrogen and oxygen atoms in total. The monoisotopic (exact) mass is 935 g/mol. The van der Waals surface area contributed by atoms with E-state index in [4.69, 9.17) is 23.9 Å². The Kier molecular flexibility index (Phi) is 21.1. The smallest absolute Gasteiger partial charge is 0.226 e. The van der Waals surface area contributed by atoms with Gasteiger partial charge < -0.3 is 28.7 Å². The number of morpholine rings is 1. The summed E-state index contributed by atoms with van der Waals surface area (Å²) in [7, 11) is 2.17. The maximum Gasteiger partial charge on any atom is 0.226 e. The van der Waals surface area contributed by atoms with Gasteiger partial charge in [0.05, 0.1) is 45.1 Å². The number of aryl methyl sites for hydroxylation is 1. The molecule has 0 saturated carbocycles. The summed E-state index contributed by atoms with van der Waals surface area (Å²) in [6.45, 7) is 16.2. The summed E-state index contributed by atoms with van der Waals surface area (Å²) in [5.41, 5.74) is 2.94. The lowest BCUT2D eigenvalue weighted by molar-refractivity contribution is -0.162. The van der Waals surface area contributed by atoms with Crippen LogP contribution in [-0.4, -0.2) is 153 Å². The number of carbonyl (C=O) groups excluding carboxylic acids is 3. The predicted molar refractivity (Wildman–Crippen MR) is 263 cm³/mol. The third kappa shape index (κ3) is 16.7. The second kappa shape index (κ2) is 27.6. The summed E-state index contributed by atoms with van der Waals surface area (Å²) >= 11 is 0. The highest BCUT2D eigenvalue weighted by molar-refractivity contribution is 5.89. The fourth-order valence-electron chi connectivity index (χ4n) is 8.60. The van der Waals surface area contributed by atoms with Gasteiger partial charge in [0.1, 0.15) is 35.6 Å². The Morgan fingerprint density at radius 2 is 1.59 bits per heavy atom. The van der Waals surface area contributed by atoms with E-state index in [0.717, 1.165) is 69.4 Å². The minimum absolute atomic E-state index is 0.00360. The van der Waals surface area contributed by atoms with E-state index < -0.39 is 18.0 Å². The summed E-state index contributed by atoms with van der Waals surface area (Å²) < 4.78 is 39.5. The molecule has 1 aromatic heterocycles. The number of Topliss-reactive ketones (excluding diaryl/α,β-unsaturated/α-hetero) is 2. The summed E-state index contributed by atoms with van der Waals surface area (Å²) in [5.74, 6) is -0.956. The van der Waals surface area contributed by atoms with Gasteiger partial charge in [-0.15, -0.1) is 6.58 Å². The molecule has 0 N–H and O–H groups in total. The van der Waals surface area contributed by atoms with Crippen molar-refractivity contribution in [3.05, 3.63) is 138 Å². The lowest BCUT2D eigenvalue weighted by atomic mass is 9.92. The second-order valence-electron chi connectivity index (χ2n) is 17.7. The number of anilines is 1. The number of halogens is 1. The number of carbonyl (C=O) groups is 3. The van der Waals surface area contributed by atoms with E-state index in [-0.39, 0.29) is 68.7 Å². The number of hydrogen-bond acceptors (Lipinski definition) is 12. The van der Waals surface area contributed by atoms with Gasteiger partial charge >= 0.3 is 0 Å². The number of likely N-dealkylation sites (N-methyl/N-ethyl adjacent to an activating group) is 1. The van der Waals surface area contributed by atoms with Gasteiger partial charge in [0.15, 0.2) is 6.29 Å². The molecule has 0 bridgehead atoms. The van der Waals surface area contributed by atoms with Gasteiger partial charge in [-0.1, -0.05) is 78.9 Å². The highest BCUT2D eigenvalue weighted by Gasteiger charge is 2.33. The Morgan fingerprint density at radius 1 is 0.897 bits per heavy atom. The number of ketones is 2. The molecule has 6 rings (SSSR count). The molecule has 3 aromatic carbocycles. The van der Waals surface area contributed by atoms with E-state index in [1.807, 2.05) is 92.7 Å². The number of amides is 1. The highest BCUT2D eigenvalue weighted by atomic mass is 19.1. The molecular formula is C54H71FN6O7. The van der Waals surface area contributed by atoms with Crippen molar-refractivity contribution >= 4 is 23.3 Å². The number of aromatic nitrogens is 1. The van der Waals surface area contributed by atoms with Crippen molar-refractivity contribution in [1.82, 2.24) is 24.6 Å². The van der Waals surface area contributed by atoms with Crippen LogP contribution in [0.15, 0.2) is 110 Å². The number of hydrogen-bond donors (Lipinski definition) is 0. The molecule has 2 saturated heterocycles. The van der Waals surface area contributed by atoms with Crippen LogP contribution < -0.4 is 9.64 Å². The zero-order valence-corrected chi connectivity index (χ0v) is 40.3. The average Bonchev–Trinajstić information content (AvgIpc) is 3.33. The lowest BCUT2D eigenvalue weighted by Crippen LogP contribution is -2.59. The Balaban J connectivity index is 1.19. The SMILES string of the molecule is C=CCN(CC(=O)CCc1ccccc1)CC(=O)C[C@@H](Cc1ccc(OCc2ccccc2)cc1F)C(=O)N(Cc1cccc(N2CC(N(C)CCN3CCOCC3)C2)n1)CC(OCC)OCC. The van der Waals surface area contributed by atoms with Crippen LogP contribution in [0.1, 0.15) is 49.1 Å². The van der Waals surface area contributed by atoms with Crippen molar-refractivity contribution in [2.24, 2.45) is 5.92 Å². The molecule has 2 aliphatic heterocycles. The van der Waals surface area contributed by atoms with Crippen LogP contribution in [-0.2, 0) is 54.6 Å². The largest absolute Gasteiger partial charge is 0.489 e. The minimum atomic E-state index is -0.969. The first-order valence-electron chi connectivity index (χ1n) is 24.2. The summed E-state index contributed by atoms with van der Waals surface area (Å²) in [5, 5.41) is 0. The van der Waals surface area contributed by atoms with E-state index in [1.54, 1.807) is 28.0 Å². The molecule has 2 aliphatic rings. The maximum atomic E-state index is 16.1. The first-order chi connectivity index (χ1) is 33.1. The van der Waals surface area contributed by atoms with E-state index in [2.05, 4.69) is 28.3 Å². The molecular weight excluding hydrogens is 864 g/mol. The number of ether oxygens (including phenoxy) is 4. The van der Waals surface area contributed by atoms with Crippen LogP contribution in [0.4, 0.5) is 10.2 Å². The summed E-state index contributed by atoms with van der Waals surface area (Å²) in [6, 6.07) is 30.3. The zero-order valence-electron chi connectivity index (χ0n) is 40.3. The molecule has 0 unspecified atom stereocenters. The predicted octanol–water partition coefficient (Wildman–Crippen LogP) is 6.49. The molecule has 14 heteroatoms. The Morgan fingerprint density at radius 3 is 2.26 bits per heavy atom. The Bertz CT molecular complexity index is 2170. The van der Waals surface area contributed by atoms with E-state index in [1.165, 1.54) is 6.07 Å². The van der Waals surface area contributed by atoms with Gasteiger partial charge in [0.25, 0.3) is 0 Å². The molecule has 1 atom stereocenters. The standard InChI is InChI=1S/C54H71FN6O7/c1-5-25-59(38-48(62)23-21-42-15-10-8-11-16-42)39-49(63)33-45(32-44-22-24-50(34-51(44)55)68-41-43-17-12-9-13-18-43)54(64)61(40-53(66-6-2)67-7-3)35-46-19-14-20-52(56-46)60-36-47(37-60)57(4)26-27-58-28-30-65-31-29-58/h5,8-20,22,24,34,45,47,53H,1,6-7,21,23,25-33,35-41H2,2-4H3/t45-/m1/s1. The normalized spacial score (nSPS) is 14.8. The molecule has 366 valence electrons. The molecule has 2 fully saturated rings. The Labute approximate surface area is 402 Å². The molecule has 4 aromatic rings. The van der Waals surface area contributed by atoms with E-state index >= 15 is 9.18 Å². The molecule has 0 spiro atoms. The van der Waals surface area contributed by atoms with Gasteiger partial charge in [0.2, 0.25) is 5.91 Å². The molecule has 68 heavy (non-hydrogen) atoms.